The van der Waals surface area contributed by atoms with Crippen molar-refractivity contribution in [1.82, 2.24) is 20.3 Å². The molecule has 0 spiro atoms. The van der Waals surface area contributed by atoms with Crippen molar-refractivity contribution >= 4 is 11.8 Å². The van der Waals surface area contributed by atoms with Crippen LogP contribution in [0.25, 0.3) is 11.5 Å². The zero-order chi connectivity index (χ0) is 13.8. The van der Waals surface area contributed by atoms with Gasteiger partial charge in [-0.2, -0.15) is 11.8 Å². The van der Waals surface area contributed by atoms with Gasteiger partial charge in [0, 0.05) is 30.6 Å². The number of aromatic nitrogens is 3. The van der Waals surface area contributed by atoms with Crippen LogP contribution in [-0.2, 0) is 6.54 Å². The molecule has 3 heterocycles. The number of thioether (sulfide) groups is 1. The maximum Gasteiger partial charge on any atom is 0.251 e. The number of hydrogen-bond acceptors (Lipinski definition) is 5. The van der Waals surface area contributed by atoms with E-state index in [1.54, 1.807) is 12.3 Å². The van der Waals surface area contributed by atoms with Gasteiger partial charge in [0.15, 0.2) is 5.82 Å². The standard InChI is InChI=1S/C14H16N4OS/c19-13-7-11(8-16-10-4-6-20-9-10)17-14(18-13)12-3-1-2-5-15-12/h1-3,5,7,10,16H,4,6,8-9H2,(H,17,18,19). The van der Waals surface area contributed by atoms with Crippen LogP contribution in [0.5, 0.6) is 0 Å². The van der Waals surface area contributed by atoms with Crippen LogP contribution < -0.4 is 10.9 Å². The Morgan fingerprint density at radius 1 is 1.45 bits per heavy atom. The average molecular weight is 288 g/mol. The van der Waals surface area contributed by atoms with Crippen LogP contribution in [0.15, 0.2) is 35.3 Å². The molecule has 3 rings (SSSR count). The smallest absolute Gasteiger partial charge is 0.251 e. The minimum Gasteiger partial charge on any atom is -0.308 e. The van der Waals surface area contributed by atoms with E-state index in [1.807, 2.05) is 30.0 Å². The summed E-state index contributed by atoms with van der Waals surface area (Å²) in [7, 11) is 0. The van der Waals surface area contributed by atoms with Crippen LogP contribution in [0.2, 0.25) is 0 Å². The number of pyridine rings is 1. The van der Waals surface area contributed by atoms with E-state index in [0.717, 1.165) is 11.4 Å². The molecule has 104 valence electrons. The van der Waals surface area contributed by atoms with Gasteiger partial charge in [-0.05, 0) is 24.3 Å². The van der Waals surface area contributed by atoms with Crippen molar-refractivity contribution in [2.75, 3.05) is 11.5 Å². The minimum absolute atomic E-state index is 0.141. The maximum absolute atomic E-state index is 11.7. The lowest BCUT2D eigenvalue weighted by atomic mass is 10.2. The van der Waals surface area contributed by atoms with Crippen LogP contribution in [0.4, 0.5) is 0 Å². The zero-order valence-electron chi connectivity index (χ0n) is 11.0. The Labute approximate surface area is 121 Å². The van der Waals surface area contributed by atoms with Crippen molar-refractivity contribution in [3.63, 3.8) is 0 Å². The molecule has 0 bridgehead atoms. The van der Waals surface area contributed by atoms with Crippen molar-refractivity contribution in [3.05, 3.63) is 46.5 Å². The Hall–Kier alpha value is -1.66. The first-order valence-corrected chi connectivity index (χ1v) is 7.79. The van der Waals surface area contributed by atoms with E-state index in [4.69, 9.17) is 0 Å². The van der Waals surface area contributed by atoms with Gasteiger partial charge in [-0.3, -0.25) is 9.78 Å². The van der Waals surface area contributed by atoms with Crippen LogP contribution >= 0.6 is 11.8 Å². The molecule has 0 saturated carbocycles. The summed E-state index contributed by atoms with van der Waals surface area (Å²) in [5.41, 5.74) is 1.30. The zero-order valence-corrected chi connectivity index (χ0v) is 11.8. The minimum atomic E-state index is -0.141. The number of rotatable bonds is 4. The van der Waals surface area contributed by atoms with Crippen LogP contribution in [0, 0.1) is 0 Å². The molecule has 0 aliphatic carbocycles. The molecule has 1 unspecified atom stereocenters. The first-order valence-electron chi connectivity index (χ1n) is 6.64. The number of H-pyrrole nitrogens is 1. The van der Waals surface area contributed by atoms with Gasteiger partial charge in [0.05, 0.1) is 5.69 Å². The van der Waals surface area contributed by atoms with Gasteiger partial charge in [0.2, 0.25) is 0 Å². The molecule has 1 aliphatic heterocycles. The topological polar surface area (TPSA) is 70.7 Å². The van der Waals surface area contributed by atoms with Gasteiger partial charge in [0.1, 0.15) is 5.69 Å². The molecule has 5 nitrogen and oxygen atoms in total. The molecule has 1 atom stereocenters. The predicted molar refractivity (Wildman–Crippen MR) is 80.7 cm³/mol. The first-order chi connectivity index (χ1) is 9.81. The van der Waals surface area contributed by atoms with E-state index >= 15 is 0 Å². The van der Waals surface area contributed by atoms with Crippen LogP contribution in [0.1, 0.15) is 12.1 Å². The van der Waals surface area contributed by atoms with E-state index in [-0.39, 0.29) is 5.56 Å². The molecular formula is C14H16N4OS. The summed E-state index contributed by atoms with van der Waals surface area (Å²) in [6, 6.07) is 7.62. The highest BCUT2D eigenvalue weighted by Gasteiger charge is 2.15. The quantitative estimate of drug-likeness (QED) is 0.890. The lowest BCUT2D eigenvalue weighted by Crippen LogP contribution is -2.29. The summed E-state index contributed by atoms with van der Waals surface area (Å²) in [6.07, 6.45) is 2.87. The molecule has 2 aromatic heterocycles. The lowest BCUT2D eigenvalue weighted by Gasteiger charge is -2.10. The number of aromatic amines is 1. The summed E-state index contributed by atoms with van der Waals surface area (Å²) in [6.45, 7) is 0.620. The maximum atomic E-state index is 11.7. The number of nitrogens with zero attached hydrogens (tertiary/aromatic N) is 2. The van der Waals surface area contributed by atoms with Gasteiger partial charge in [-0.15, -0.1) is 0 Å². The van der Waals surface area contributed by atoms with Crippen molar-refractivity contribution < 1.29 is 0 Å². The summed E-state index contributed by atoms with van der Waals surface area (Å²) >= 11 is 1.96. The normalized spacial score (nSPS) is 18.3. The predicted octanol–water partition coefficient (Wildman–Crippen LogP) is 1.43. The molecule has 0 radical (unpaired) electrons. The number of hydrogen-bond donors (Lipinski definition) is 2. The van der Waals surface area contributed by atoms with Gasteiger partial charge in [-0.25, -0.2) is 4.98 Å². The Morgan fingerprint density at radius 3 is 3.15 bits per heavy atom. The molecule has 0 amide bonds. The molecule has 6 heteroatoms. The van der Waals surface area contributed by atoms with Crippen molar-refractivity contribution in [2.45, 2.75) is 19.0 Å². The monoisotopic (exact) mass is 288 g/mol. The fourth-order valence-electron chi connectivity index (χ4n) is 2.17. The van der Waals surface area contributed by atoms with Crippen LogP contribution in [-0.4, -0.2) is 32.5 Å². The van der Waals surface area contributed by atoms with Gasteiger partial charge < -0.3 is 10.3 Å². The summed E-state index contributed by atoms with van der Waals surface area (Å²) < 4.78 is 0. The number of nitrogens with one attached hydrogen (secondary N) is 2. The largest absolute Gasteiger partial charge is 0.308 e. The van der Waals surface area contributed by atoms with Crippen molar-refractivity contribution in [3.8, 4) is 11.5 Å². The summed E-state index contributed by atoms with van der Waals surface area (Å²) in [5, 5.41) is 3.45. The second kappa shape index (κ2) is 6.19. The van der Waals surface area contributed by atoms with Crippen LogP contribution in [0.3, 0.4) is 0 Å². The van der Waals surface area contributed by atoms with E-state index in [9.17, 15) is 4.79 Å². The average Bonchev–Trinajstić information content (AvgIpc) is 2.99. The van der Waals surface area contributed by atoms with E-state index in [0.29, 0.717) is 24.1 Å². The fourth-order valence-corrected chi connectivity index (χ4v) is 3.35. The summed E-state index contributed by atoms with van der Waals surface area (Å²) in [4.78, 5) is 23.1. The lowest BCUT2D eigenvalue weighted by molar-refractivity contribution is 0.551. The molecule has 1 saturated heterocycles. The van der Waals surface area contributed by atoms with Crippen molar-refractivity contribution in [2.24, 2.45) is 0 Å². The Balaban J connectivity index is 1.78. The van der Waals surface area contributed by atoms with Gasteiger partial charge in [-0.1, -0.05) is 6.07 Å². The molecular weight excluding hydrogens is 272 g/mol. The molecule has 20 heavy (non-hydrogen) atoms. The van der Waals surface area contributed by atoms with Crippen molar-refractivity contribution in [1.29, 1.82) is 0 Å². The fraction of sp³-hybridized carbons (Fsp3) is 0.357. The second-order valence-electron chi connectivity index (χ2n) is 4.74. The third-order valence-corrected chi connectivity index (χ3v) is 4.37. The van der Waals surface area contributed by atoms with E-state index < -0.39 is 0 Å². The third-order valence-electron chi connectivity index (χ3n) is 3.20. The Morgan fingerprint density at radius 2 is 2.40 bits per heavy atom. The highest BCUT2D eigenvalue weighted by molar-refractivity contribution is 7.99. The first kappa shape index (κ1) is 13.3. The van der Waals surface area contributed by atoms with Gasteiger partial charge >= 0.3 is 0 Å². The van der Waals surface area contributed by atoms with E-state index in [2.05, 4.69) is 20.3 Å². The summed E-state index contributed by atoms with van der Waals surface area (Å²) in [5.74, 6) is 2.87. The Bertz CT molecular complexity index is 623. The molecule has 1 aliphatic rings. The highest BCUT2D eigenvalue weighted by Crippen LogP contribution is 2.17. The third kappa shape index (κ3) is 3.26. The molecule has 0 aromatic carbocycles. The molecule has 1 fully saturated rings. The second-order valence-corrected chi connectivity index (χ2v) is 5.89. The highest BCUT2D eigenvalue weighted by atomic mass is 32.2. The van der Waals surface area contributed by atoms with E-state index in [1.165, 1.54) is 12.2 Å². The molecule has 2 N–H and O–H groups in total. The van der Waals surface area contributed by atoms with Gasteiger partial charge in [0.25, 0.3) is 5.56 Å². The molecule has 2 aromatic rings. The SMILES string of the molecule is O=c1cc(CNC2CCSC2)nc(-c2ccccn2)[nH]1. The Kier molecular flexibility index (Phi) is 4.13.